The molecule has 1 fully saturated rings. The summed E-state index contributed by atoms with van der Waals surface area (Å²) in [6.07, 6.45) is 0.656. The third kappa shape index (κ3) is 5.12. The van der Waals surface area contributed by atoms with E-state index >= 15 is 0 Å². The summed E-state index contributed by atoms with van der Waals surface area (Å²) < 4.78 is 40.2. The molecule has 33 heavy (non-hydrogen) atoms. The Bertz CT molecular complexity index is 1220. The van der Waals surface area contributed by atoms with Crippen molar-refractivity contribution in [2.45, 2.75) is 13.0 Å². The highest BCUT2D eigenvalue weighted by molar-refractivity contribution is 6.34. The van der Waals surface area contributed by atoms with Crippen LogP contribution in [-0.4, -0.2) is 29.9 Å². The minimum absolute atomic E-state index is 0.128. The zero-order valence-electron chi connectivity index (χ0n) is 17.3. The number of carbonyl (C=O) groups is 2. The van der Waals surface area contributed by atoms with Crippen LogP contribution in [0.3, 0.4) is 0 Å². The molecule has 1 aliphatic heterocycles. The summed E-state index contributed by atoms with van der Waals surface area (Å²) in [7, 11) is 0. The van der Waals surface area contributed by atoms with Crippen molar-refractivity contribution >= 4 is 34.9 Å². The van der Waals surface area contributed by atoms with Crippen LogP contribution in [0, 0.1) is 17.5 Å². The molecular weight excluding hydrogens is 455 g/mol. The molecule has 0 unspecified atom stereocenters. The summed E-state index contributed by atoms with van der Waals surface area (Å²) in [4.78, 5) is 28.6. The topological polar surface area (TPSA) is 52.7 Å². The van der Waals surface area contributed by atoms with Crippen molar-refractivity contribution in [3.63, 3.8) is 0 Å². The van der Waals surface area contributed by atoms with Gasteiger partial charge < -0.3 is 10.2 Å². The van der Waals surface area contributed by atoms with E-state index in [4.69, 9.17) is 11.6 Å². The van der Waals surface area contributed by atoms with Crippen molar-refractivity contribution in [2.24, 2.45) is 0 Å². The van der Waals surface area contributed by atoms with E-state index in [-0.39, 0.29) is 28.8 Å². The smallest absolute Gasteiger partial charge is 0.321 e. The molecule has 1 heterocycles. The first kappa shape index (κ1) is 22.7. The van der Waals surface area contributed by atoms with Crippen molar-refractivity contribution in [1.82, 2.24) is 4.90 Å². The second kappa shape index (κ2) is 9.54. The Hall–Kier alpha value is -3.52. The molecule has 170 valence electrons. The Morgan fingerprint density at radius 2 is 1.79 bits per heavy atom. The summed E-state index contributed by atoms with van der Waals surface area (Å²) in [6.45, 7) is 1.03. The van der Waals surface area contributed by atoms with E-state index in [9.17, 15) is 22.8 Å². The molecule has 9 heteroatoms. The molecule has 1 saturated heterocycles. The maximum absolute atomic E-state index is 13.5. The molecule has 0 radical (unpaired) electrons. The Balaban J connectivity index is 1.52. The van der Waals surface area contributed by atoms with Gasteiger partial charge in [0.05, 0.1) is 10.7 Å². The largest absolute Gasteiger partial charge is 0.324 e. The van der Waals surface area contributed by atoms with Crippen molar-refractivity contribution in [3.8, 4) is 0 Å². The number of nitrogens with zero attached hydrogens (tertiary/aromatic N) is 2. The van der Waals surface area contributed by atoms with E-state index in [1.165, 1.54) is 34.1 Å². The average molecular weight is 474 g/mol. The molecule has 3 amide bonds. The molecule has 1 aliphatic rings. The van der Waals surface area contributed by atoms with Gasteiger partial charge in [0.2, 0.25) is 0 Å². The number of halogens is 4. The van der Waals surface area contributed by atoms with Gasteiger partial charge in [-0.3, -0.25) is 9.69 Å². The lowest BCUT2D eigenvalue weighted by molar-refractivity contribution is 0.102. The van der Waals surface area contributed by atoms with Gasteiger partial charge in [0, 0.05) is 30.9 Å². The average Bonchev–Trinajstić information content (AvgIpc) is 2.79. The lowest BCUT2D eigenvalue weighted by Gasteiger charge is -2.36. The Labute approximate surface area is 193 Å². The fraction of sp³-hybridized carbons (Fsp3) is 0.167. The molecule has 5 nitrogen and oxygen atoms in total. The van der Waals surface area contributed by atoms with Gasteiger partial charge >= 0.3 is 6.03 Å². The molecule has 0 aliphatic carbocycles. The van der Waals surface area contributed by atoms with Crippen LogP contribution in [0.5, 0.6) is 0 Å². The fourth-order valence-electron chi connectivity index (χ4n) is 3.63. The highest BCUT2D eigenvalue weighted by atomic mass is 35.5. The van der Waals surface area contributed by atoms with Gasteiger partial charge in [-0.25, -0.2) is 18.0 Å². The van der Waals surface area contributed by atoms with Gasteiger partial charge in [-0.15, -0.1) is 0 Å². The second-order valence-electron chi connectivity index (χ2n) is 7.59. The number of nitrogens with one attached hydrogen (secondary N) is 1. The minimum atomic E-state index is -0.967. The standard InChI is InChI=1S/C24H19ClF3N3O2/c25-19-7-6-18(13-22(19)29-23(32)16-3-1-4-17(26)12-16)31-10-2-9-30(24(31)33)14-15-5-8-20(27)21(28)11-15/h1,3-8,11-13H,2,9-10,14H2,(H,29,32). The highest BCUT2D eigenvalue weighted by Gasteiger charge is 2.27. The van der Waals surface area contributed by atoms with Gasteiger partial charge in [-0.1, -0.05) is 23.7 Å². The first-order chi connectivity index (χ1) is 15.8. The van der Waals surface area contributed by atoms with Crippen LogP contribution < -0.4 is 10.2 Å². The Morgan fingerprint density at radius 3 is 2.55 bits per heavy atom. The molecule has 0 saturated carbocycles. The first-order valence-electron chi connectivity index (χ1n) is 10.2. The van der Waals surface area contributed by atoms with E-state index in [2.05, 4.69) is 5.32 Å². The third-order valence-electron chi connectivity index (χ3n) is 5.27. The number of carbonyl (C=O) groups excluding carboxylic acids is 2. The summed E-state index contributed by atoms with van der Waals surface area (Å²) >= 11 is 6.23. The Morgan fingerprint density at radius 1 is 0.970 bits per heavy atom. The van der Waals surface area contributed by atoms with Crippen LogP contribution in [0.1, 0.15) is 22.3 Å². The molecular formula is C24H19ClF3N3O2. The number of hydrogen-bond donors (Lipinski definition) is 1. The van der Waals surface area contributed by atoms with Crippen LogP contribution in [-0.2, 0) is 6.54 Å². The second-order valence-corrected chi connectivity index (χ2v) is 7.99. The summed E-state index contributed by atoms with van der Waals surface area (Å²) in [5.74, 6) is -2.99. The van der Waals surface area contributed by atoms with Gasteiger partial charge in [0.1, 0.15) is 5.82 Å². The first-order valence-corrected chi connectivity index (χ1v) is 10.6. The lowest BCUT2D eigenvalue weighted by Crippen LogP contribution is -2.49. The number of hydrogen-bond acceptors (Lipinski definition) is 2. The van der Waals surface area contributed by atoms with Crippen molar-refractivity contribution < 1.29 is 22.8 Å². The fourth-order valence-corrected chi connectivity index (χ4v) is 3.79. The predicted octanol–water partition coefficient (Wildman–Crippen LogP) is 5.84. The summed E-state index contributed by atoms with van der Waals surface area (Å²) in [5, 5.41) is 2.90. The molecule has 0 aromatic heterocycles. The van der Waals surface area contributed by atoms with E-state index in [0.717, 1.165) is 18.2 Å². The molecule has 3 aromatic carbocycles. The summed E-state index contributed by atoms with van der Waals surface area (Å²) in [5.41, 5.74) is 1.38. The quantitative estimate of drug-likeness (QED) is 0.506. The lowest BCUT2D eigenvalue weighted by atomic mass is 10.1. The van der Waals surface area contributed by atoms with Gasteiger partial charge in [0.25, 0.3) is 5.91 Å². The SMILES string of the molecule is O=C(Nc1cc(N2CCCN(Cc3ccc(F)c(F)c3)C2=O)ccc1Cl)c1cccc(F)c1. The van der Waals surface area contributed by atoms with E-state index in [1.54, 1.807) is 18.2 Å². The van der Waals surface area contributed by atoms with E-state index in [1.807, 2.05) is 0 Å². The van der Waals surface area contributed by atoms with Gasteiger partial charge in [-0.2, -0.15) is 0 Å². The minimum Gasteiger partial charge on any atom is -0.321 e. The van der Waals surface area contributed by atoms with Crippen molar-refractivity contribution in [1.29, 1.82) is 0 Å². The number of amides is 3. The van der Waals surface area contributed by atoms with Crippen LogP contribution in [0.4, 0.5) is 29.3 Å². The van der Waals surface area contributed by atoms with Crippen LogP contribution in [0.25, 0.3) is 0 Å². The Kier molecular flexibility index (Phi) is 6.55. The predicted molar refractivity (Wildman–Crippen MR) is 120 cm³/mol. The number of urea groups is 1. The maximum atomic E-state index is 13.5. The molecule has 0 bridgehead atoms. The van der Waals surface area contributed by atoms with E-state index in [0.29, 0.717) is 30.8 Å². The zero-order chi connectivity index (χ0) is 23.5. The normalized spacial score (nSPS) is 13.9. The molecule has 0 atom stereocenters. The summed E-state index contributed by atoms with van der Waals surface area (Å²) in [6, 6.07) is 13.3. The molecule has 0 spiro atoms. The molecule has 3 aromatic rings. The maximum Gasteiger partial charge on any atom is 0.324 e. The zero-order valence-corrected chi connectivity index (χ0v) is 18.1. The van der Waals surface area contributed by atoms with Crippen molar-refractivity contribution in [2.75, 3.05) is 23.3 Å². The monoisotopic (exact) mass is 473 g/mol. The van der Waals surface area contributed by atoms with Crippen LogP contribution in [0.15, 0.2) is 60.7 Å². The van der Waals surface area contributed by atoms with Crippen molar-refractivity contribution in [3.05, 3.63) is 94.3 Å². The molecule has 1 N–H and O–H groups in total. The van der Waals surface area contributed by atoms with Crippen LogP contribution in [0.2, 0.25) is 5.02 Å². The highest BCUT2D eigenvalue weighted by Crippen LogP contribution is 2.30. The molecule has 4 rings (SSSR count). The van der Waals surface area contributed by atoms with Gasteiger partial charge in [0.15, 0.2) is 11.6 Å². The van der Waals surface area contributed by atoms with E-state index < -0.39 is 23.4 Å². The van der Waals surface area contributed by atoms with Gasteiger partial charge in [-0.05, 0) is 60.5 Å². The number of rotatable bonds is 5. The van der Waals surface area contributed by atoms with Crippen LogP contribution >= 0.6 is 11.6 Å². The third-order valence-corrected chi connectivity index (χ3v) is 5.59. The number of benzene rings is 3. The number of anilines is 2.